The topological polar surface area (TPSA) is 72.0 Å². The number of amidine groups is 1. The van der Waals surface area contributed by atoms with Gasteiger partial charge in [0.1, 0.15) is 5.84 Å². The van der Waals surface area contributed by atoms with Gasteiger partial charge in [0.15, 0.2) is 0 Å². The number of methoxy groups -OCH3 is 1. The smallest absolute Gasteiger partial charge is 0.135 e. The molecular weight excluding hydrogens is 162 g/mol. The summed E-state index contributed by atoms with van der Waals surface area (Å²) >= 11 is 1.36. The molecule has 3 N–H and O–H groups in total. The second kappa shape index (κ2) is 3.45. The molecular formula is C6H9N3OS. The van der Waals surface area contributed by atoms with E-state index in [1.54, 1.807) is 12.6 Å². The van der Waals surface area contributed by atoms with Crippen LogP contribution in [0.5, 0.6) is 0 Å². The van der Waals surface area contributed by atoms with Gasteiger partial charge in [-0.25, -0.2) is 4.98 Å². The average Bonchev–Trinajstić information content (AvgIpc) is 2.36. The minimum absolute atomic E-state index is 0.0551. The lowest BCUT2D eigenvalue weighted by molar-refractivity contribution is 0.182. The van der Waals surface area contributed by atoms with Crippen LogP contribution < -0.4 is 5.73 Å². The monoisotopic (exact) mass is 171 g/mol. The lowest BCUT2D eigenvalue weighted by Gasteiger charge is -1.97. The molecule has 0 aliphatic carbocycles. The molecule has 0 spiro atoms. The lowest BCUT2D eigenvalue weighted by atomic mass is 10.3. The largest absolute Gasteiger partial charge is 0.383 e. The van der Waals surface area contributed by atoms with E-state index in [0.29, 0.717) is 11.5 Å². The first-order valence-electron chi connectivity index (χ1n) is 3.01. The summed E-state index contributed by atoms with van der Waals surface area (Å²) in [6, 6.07) is 0. The van der Waals surface area contributed by atoms with Crippen LogP contribution in [0, 0.1) is 5.41 Å². The predicted octanol–water partition coefficient (Wildman–Crippen LogP) is 0.574. The minimum Gasteiger partial charge on any atom is -0.383 e. The third-order valence-electron chi connectivity index (χ3n) is 1.17. The number of hydrogen-bond donors (Lipinski definition) is 2. The van der Waals surface area contributed by atoms with E-state index in [1.165, 1.54) is 11.3 Å². The molecule has 0 atom stereocenters. The molecule has 0 aliphatic rings. The third-order valence-corrected chi connectivity index (χ3v) is 2.07. The Balaban J connectivity index is 2.87. The highest BCUT2D eigenvalue weighted by atomic mass is 32.1. The van der Waals surface area contributed by atoms with Crippen molar-refractivity contribution in [1.29, 1.82) is 5.41 Å². The maximum absolute atomic E-state index is 7.16. The number of nitrogens with one attached hydrogen (secondary N) is 1. The zero-order valence-electron chi connectivity index (χ0n) is 6.13. The second-order valence-corrected chi connectivity index (χ2v) is 2.83. The molecule has 11 heavy (non-hydrogen) atoms. The van der Waals surface area contributed by atoms with E-state index >= 15 is 0 Å². The quantitative estimate of drug-likeness (QED) is 0.516. The number of nitrogens with two attached hydrogens (primary N) is 1. The summed E-state index contributed by atoms with van der Waals surface area (Å²) in [5.74, 6) is 0.0551. The molecule has 1 aromatic rings. The number of thiazole rings is 1. The number of ether oxygens (including phenoxy) is 1. The van der Waals surface area contributed by atoms with Crippen LogP contribution in [0.1, 0.15) is 10.6 Å². The van der Waals surface area contributed by atoms with Crippen LogP contribution in [-0.2, 0) is 11.3 Å². The van der Waals surface area contributed by atoms with Crippen molar-refractivity contribution in [3.63, 3.8) is 0 Å². The van der Waals surface area contributed by atoms with Gasteiger partial charge in [0.25, 0.3) is 0 Å². The SMILES string of the molecule is COCc1ncsc1C(=N)N. The first kappa shape index (κ1) is 8.16. The molecule has 0 saturated carbocycles. The Kier molecular flexibility index (Phi) is 2.56. The van der Waals surface area contributed by atoms with Crippen molar-refractivity contribution in [2.75, 3.05) is 7.11 Å². The Morgan fingerprint density at radius 2 is 2.64 bits per heavy atom. The highest BCUT2D eigenvalue weighted by Gasteiger charge is 2.07. The molecule has 0 bridgehead atoms. The molecule has 5 heteroatoms. The summed E-state index contributed by atoms with van der Waals surface area (Å²) in [5, 5.41) is 7.16. The van der Waals surface area contributed by atoms with Gasteiger partial charge in [-0.15, -0.1) is 11.3 Å². The maximum atomic E-state index is 7.16. The van der Waals surface area contributed by atoms with Crippen LogP contribution in [0.15, 0.2) is 5.51 Å². The van der Waals surface area contributed by atoms with Crippen LogP contribution >= 0.6 is 11.3 Å². The van der Waals surface area contributed by atoms with E-state index in [4.69, 9.17) is 15.9 Å². The fraction of sp³-hybridized carbons (Fsp3) is 0.333. The Labute approximate surface area is 68.5 Å². The highest BCUT2D eigenvalue weighted by Crippen LogP contribution is 2.12. The summed E-state index contributed by atoms with van der Waals surface area (Å²) in [6.07, 6.45) is 0. The van der Waals surface area contributed by atoms with Crippen molar-refractivity contribution in [2.45, 2.75) is 6.61 Å². The standard InChI is InChI=1S/C6H9N3OS/c1-10-2-4-5(6(7)8)11-3-9-4/h3H,2H2,1H3,(H3,7,8). The molecule has 60 valence electrons. The van der Waals surface area contributed by atoms with E-state index in [0.717, 1.165) is 5.69 Å². The molecule has 0 unspecified atom stereocenters. The predicted molar refractivity (Wildman–Crippen MR) is 43.8 cm³/mol. The first-order valence-corrected chi connectivity index (χ1v) is 3.89. The van der Waals surface area contributed by atoms with Gasteiger partial charge in [0, 0.05) is 7.11 Å². The molecule has 0 aliphatic heterocycles. The van der Waals surface area contributed by atoms with Crippen molar-refractivity contribution >= 4 is 17.2 Å². The minimum atomic E-state index is 0.0551. The maximum Gasteiger partial charge on any atom is 0.135 e. The van der Waals surface area contributed by atoms with Gasteiger partial charge in [0.05, 0.1) is 22.7 Å². The molecule has 4 nitrogen and oxygen atoms in total. The first-order chi connectivity index (χ1) is 5.25. The van der Waals surface area contributed by atoms with Crippen LogP contribution in [0.3, 0.4) is 0 Å². The normalized spacial score (nSPS) is 9.91. The molecule has 1 rings (SSSR count). The van der Waals surface area contributed by atoms with Gasteiger partial charge in [-0.2, -0.15) is 0 Å². The number of rotatable bonds is 3. The van der Waals surface area contributed by atoms with Crippen LogP contribution in [0.25, 0.3) is 0 Å². The van der Waals surface area contributed by atoms with Crippen LogP contribution in [-0.4, -0.2) is 17.9 Å². The van der Waals surface area contributed by atoms with Gasteiger partial charge in [0.2, 0.25) is 0 Å². The molecule has 0 aromatic carbocycles. The van der Waals surface area contributed by atoms with Crippen LogP contribution in [0.2, 0.25) is 0 Å². The van der Waals surface area contributed by atoms with Crippen molar-refractivity contribution in [1.82, 2.24) is 4.98 Å². The van der Waals surface area contributed by atoms with Crippen molar-refractivity contribution < 1.29 is 4.74 Å². The molecule has 1 aromatic heterocycles. The Morgan fingerprint density at radius 1 is 1.91 bits per heavy atom. The van der Waals surface area contributed by atoms with Gasteiger partial charge in [-0.05, 0) is 0 Å². The fourth-order valence-corrected chi connectivity index (χ4v) is 1.39. The van der Waals surface area contributed by atoms with Gasteiger partial charge in [-0.3, -0.25) is 5.41 Å². The zero-order valence-corrected chi connectivity index (χ0v) is 6.94. The number of hydrogen-bond acceptors (Lipinski definition) is 4. The van der Waals surface area contributed by atoms with E-state index in [9.17, 15) is 0 Å². The zero-order chi connectivity index (χ0) is 8.27. The Bertz CT molecular complexity index is 258. The van der Waals surface area contributed by atoms with Gasteiger partial charge < -0.3 is 10.5 Å². The third kappa shape index (κ3) is 1.75. The van der Waals surface area contributed by atoms with Gasteiger partial charge >= 0.3 is 0 Å². The van der Waals surface area contributed by atoms with E-state index < -0.39 is 0 Å². The molecule has 0 fully saturated rings. The average molecular weight is 171 g/mol. The number of aromatic nitrogens is 1. The summed E-state index contributed by atoms with van der Waals surface area (Å²) in [4.78, 5) is 4.70. The van der Waals surface area contributed by atoms with Crippen molar-refractivity contribution in [3.8, 4) is 0 Å². The van der Waals surface area contributed by atoms with Gasteiger partial charge in [-0.1, -0.05) is 0 Å². The lowest BCUT2D eigenvalue weighted by Crippen LogP contribution is -2.11. The highest BCUT2D eigenvalue weighted by molar-refractivity contribution is 7.11. The summed E-state index contributed by atoms with van der Waals surface area (Å²) in [7, 11) is 1.59. The van der Waals surface area contributed by atoms with E-state index in [2.05, 4.69) is 4.98 Å². The van der Waals surface area contributed by atoms with Crippen LogP contribution in [0.4, 0.5) is 0 Å². The molecule has 0 amide bonds. The number of nitrogens with zero attached hydrogens (tertiary/aromatic N) is 1. The molecule has 0 radical (unpaired) electrons. The summed E-state index contributed by atoms with van der Waals surface area (Å²) in [5.41, 5.74) is 7.69. The molecule has 0 saturated heterocycles. The second-order valence-electron chi connectivity index (χ2n) is 1.97. The van der Waals surface area contributed by atoms with Crippen molar-refractivity contribution in [3.05, 3.63) is 16.1 Å². The summed E-state index contributed by atoms with van der Waals surface area (Å²) < 4.78 is 4.87. The summed E-state index contributed by atoms with van der Waals surface area (Å²) in [6.45, 7) is 0.415. The number of nitrogen functional groups attached to an aromatic ring is 1. The molecule has 1 heterocycles. The van der Waals surface area contributed by atoms with E-state index in [-0.39, 0.29) is 5.84 Å². The van der Waals surface area contributed by atoms with Crippen molar-refractivity contribution in [2.24, 2.45) is 5.73 Å². The fourth-order valence-electron chi connectivity index (χ4n) is 0.728. The van der Waals surface area contributed by atoms with E-state index in [1.807, 2.05) is 0 Å². The Morgan fingerprint density at radius 3 is 3.18 bits per heavy atom. The Hall–Kier alpha value is -0.940.